The molecule has 4 N–H and O–H groups in total. The summed E-state index contributed by atoms with van der Waals surface area (Å²) in [4.78, 5) is 33.1. The molecule has 0 bridgehead atoms. The summed E-state index contributed by atoms with van der Waals surface area (Å²) in [5, 5.41) is 29.6. The number of aliphatic carboxylic acids is 2. The Morgan fingerprint density at radius 3 is 2.35 bits per heavy atom. The van der Waals surface area contributed by atoms with Gasteiger partial charge in [0.2, 0.25) is 0 Å². The number of nitrogens with zero attached hydrogens (tertiary/aromatic N) is 1. The van der Waals surface area contributed by atoms with Gasteiger partial charge >= 0.3 is 18.0 Å². The van der Waals surface area contributed by atoms with Gasteiger partial charge in [-0.1, -0.05) is 30.3 Å². The highest BCUT2D eigenvalue weighted by Gasteiger charge is 2.23. The molecule has 0 fully saturated rings. The van der Waals surface area contributed by atoms with E-state index in [1.807, 2.05) is 30.3 Å². The third-order valence-electron chi connectivity index (χ3n) is 3.16. The smallest absolute Gasteiger partial charge is 0.341 e. The van der Waals surface area contributed by atoms with Crippen LogP contribution in [0.25, 0.3) is 0 Å². The summed E-state index contributed by atoms with van der Waals surface area (Å²) in [6.45, 7) is 0.0337. The van der Waals surface area contributed by atoms with Gasteiger partial charge in [-0.2, -0.15) is 0 Å². The van der Waals surface area contributed by atoms with Crippen molar-refractivity contribution in [2.24, 2.45) is 0 Å². The molecule has 2 amide bonds. The number of carbonyl (C=O) groups is 3. The van der Waals surface area contributed by atoms with Crippen molar-refractivity contribution in [3.05, 3.63) is 35.9 Å². The molecule has 0 heterocycles. The molecule has 1 aromatic rings. The van der Waals surface area contributed by atoms with Crippen LogP contribution in [0.1, 0.15) is 24.8 Å². The van der Waals surface area contributed by atoms with Gasteiger partial charge in [-0.05, 0) is 24.8 Å². The standard InChI is InChI=1S/C15H20N2O6/c18-13(19)9-8-12(14(20)21)16-15(22)17(23)10-4-7-11-5-2-1-3-6-11/h1-3,5-6,12,23H,4,7-10H2,(H,16,22)(H,18,19)(H,20,21). The minimum Gasteiger partial charge on any atom is -0.481 e. The highest BCUT2D eigenvalue weighted by Crippen LogP contribution is 2.04. The summed E-state index contributed by atoms with van der Waals surface area (Å²) in [5.74, 6) is -2.51. The number of aryl methyl sites for hydroxylation is 1. The van der Waals surface area contributed by atoms with Gasteiger partial charge in [0, 0.05) is 6.42 Å². The van der Waals surface area contributed by atoms with Crippen molar-refractivity contribution in [3.63, 3.8) is 0 Å². The average molecular weight is 324 g/mol. The van der Waals surface area contributed by atoms with E-state index in [1.54, 1.807) is 0 Å². The third-order valence-corrected chi connectivity index (χ3v) is 3.16. The van der Waals surface area contributed by atoms with E-state index in [0.717, 1.165) is 5.56 Å². The van der Waals surface area contributed by atoms with Crippen LogP contribution in [0.15, 0.2) is 30.3 Å². The van der Waals surface area contributed by atoms with E-state index in [-0.39, 0.29) is 13.0 Å². The summed E-state index contributed by atoms with van der Waals surface area (Å²) in [7, 11) is 0. The molecule has 0 saturated heterocycles. The van der Waals surface area contributed by atoms with Crippen molar-refractivity contribution in [3.8, 4) is 0 Å². The molecule has 0 radical (unpaired) electrons. The largest absolute Gasteiger partial charge is 0.481 e. The molecule has 0 saturated carbocycles. The van der Waals surface area contributed by atoms with E-state index >= 15 is 0 Å². The summed E-state index contributed by atoms with van der Waals surface area (Å²) >= 11 is 0. The number of urea groups is 1. The van der Waals surface area contributed by atoms with Crippen LogP contribution >= 0.6 is 0 Å². The van der Waals surface area contributed by atoms with Crippen molar-refractivity contribution < 1.29 is 29.8 Å². The van der Waals surface area contributed by atoms with Crippen LogP contribution < -0.4 is 5.32 Å². The maximum absolute atomic E-state index is 11.7. The molecular formula is C15H20N2O6. The van der Waals surface area contributed by atoms with Gasteiger partial charge in [0.25, 0.3) is 0 Å². The molecule has 1 aromatic carbocycles. The molecule has 0 aliphatic carbocycles. The van der Waals surface area contributed by atoms with Crippen LogP contribution in [0.3, 0.4) is 0 Å². The number of nitrogens with one attached hydrogen (secondary N) is 1. The van der Waals surface area contributed by atoms with Crippen LogP contribution in [-0.4, -0.2) is 51.0 Å². The Morgan fingerprint density at radius 2 is 1.78 bits per heavy atom. The zero-order chi connectivity index (χ0) is 17.2. The number of hydrogen-bond donors (Lipinski definition) is 4. The number of carboxylic acids is 2. The quantitative estimate of drug-likeness (QED) is 0.401. The van der Waals surface area contributed by atoms with Crippen molar-refractivity contribution in [1.29, 1.82) is 0 Å². The molecule has 0 aliphatic heterocycles. The number of hydrogen-bond acceptors (Lipinski definition) is 4. The average Bonchev–Trinajstić information content (AvgIpc) is 2.51. The summed E-state index contributed by atoms with van der Waals surface area (Å²) in [6, 6.07) is 7.19. The Labute approximate surface area is 133 Å². The van der Waals surface area contributed by atoms with E-state index < -0.39 is 30.4 Å². The number of rotatable bonds is 9. The molecule has 126 valence electrons. The number of carbonyl (C=O) groups excluding carboxylic acids is 1. The van der Waals surface area contributed by atoms with Crippen molar-refractivity contribution in [2.45, 2.75) is 31.7 Å². The topological polar surface area (TPSA) is 127 Å². The second-order valence-corrected chi connectivity index (χ2v) is 4.99. The SMILES string of the molecule is O=C(O)CCC(NC(=O)N(O)CCCc1ccccc1)C(=O)O. The van der Waals surface area contributed by atoms with Gasteiger partial charge in [-0.15, -0.1) is 0 Å². The minimum atomic E-state index is -1.36. The zero-order valence-electron chi connectivity index (χ0n) is 12.5. The maximum atomic E-state index is 11.7. The first-order valence-electron chi connectivity index (χ1n) is 7.15. The van der Waals surface area contributed by atoms with Crippen molar-refractivity contribution in [2.75, 3.05) is 6.54 Å². The fourth-order valence-corrected chi connectivity index (χ4v) is 1.93. The lowest BCUT2D eigenvalue weighted by atomic mass is 10.1. The van der Waals surface area contributed by atoms with Crippen LogP contribution in [0.4, 0.5) is 4.79 Å². The highest BCUT2D eigenvalue weighted by atomic mass is 16.5. The predicted molar refractivity (Wildman–Crippen MR) is 80.1 cm³/mol. The summed E-state index contributed by atoms with van der Waals surface area (Å²) in [6.07, 6.45) is 0.512. The van der Waals surface area contributed by atoms with Crippen LogP contribution in [0, 0.1) is 0 Å². The lowest BCUT2D eigenvalue weighted by Crippen LogP contribution is -2.47. The fourth-order valence-electron chi connectivity index (χ4n) is 1.93. The zero-order valence-corrected chi connectivity index (χ0v) is 12.5. The Bertz CT molecular complexity index is 534. The predicted octanol–water partition coefficient (Wildman–Crippen LogP) is 1.34. The Hall–Kier alpha value is -2.61. The molecule has 0 aromatic heterocycles. The van der Waals surface area contributed by atoms with E-state index in [9.17, 15) is 19.6 Å². The summed E-state index contributed by atoms with van der Waals surface area (Å²) < 4.78 is 0. The Balaban J connectivity index is 2.39. The first-order chi connectivity index (χ1) is 10.9. The van der Waals surface area contributed by atoms with Gasteiger partial charge in [-0.25, -0.2) is 14.7 Å². The number of benzene rings is 1. The molecule has 0 spiro atoms. The molecule has 23 heavy (non-hydrogen) atoms. The first-order valence-corrected chi connectivity index (χ1v) is 7.15. The lowest BCUT2D eigenvalue weighted by molar-refractivity contribution is -0.140. The molecule has 0 aliphatic rings. The van der Waals surface area contributed by atoms with Crippen molar-refractivity contribution in [1.82, 2.24) is 10.4 Å². The molecule has 1 rings (SSSR count). The Kier molecular flexibility index (Phi) is 7.55. The number of hydroxylamine groups is 2. The van der Waals surface area contributed by atoms with E-state index in [2.05, 4.69) is 5.32 Å². The second kappa shape index (κ2) is 9.42. The lowest BCUT2D eigenvalue weighted by Gasteiger charge is -2.19. The van der Waals surface area contributed by atoms with Crippen molar-refractivity contribution >= 4 is 18.0 Å². The number of carboxylic acid groups (broad SMARTS) is 2. The van der Waals surface area contributed by atoms with Gasteiger partial charge < -0.3 is 15.5 Å². The molecular weight excluding hydrogens is 304 g/mol. The molecule has 1 unspecified atom stereocenters. The van der Waals surface area contributed by atoms with Gasteiger partial charge in [0.1, 0.15) is 6.04 Å². The first kappa shape index (κ1) is 18.4. The fraction of sp³-hybridized carbons (Fsp3) is 0.400. The normalized spacial score (nSPS) is 11.5. The van der Waals surface area contributed by atoms with Gasteiger partial charge in [0.15, 0.2) is 0 Å². The van der Waals surface area contributed by atoms with Gasteiger partial charge in [-0.3, -0.25) is 10.0 Å². The monoisotopic (exact) mass is 324 g/mol. The van der Waals surface area contributed by atoms with E-state index in [1.165, 1.54) is 0 Å². The van der Waals surface area contributed by atoms with Crippen LogP contribution in [0.5, 0.6) is 0 Å². The number of amides is 2. The highest BCUT2D eigenvalue weighted by molar-refractivity contribution is 5.82. The molecule has 1 atom stereocenters. The second-order valence-electron chi connectivity index (χ2n) is 4.99. The molecule has 8 nitrogen and oxygen atoms in total. The van der Waals surface area contributed by atoms with Crippen LogP contribution in [0.2, 0.25) is 0 Å². The van der Waals surface area contributed by atoms with Crippen LogP contribution in [-0.2, 0) is 16.0 Å². The van der Waals surface area contributed by atoms with Gasteiger partial charge in [0.05, 0.1) is 6.54 Å². The maximum Gasteiger partial charge on any atom is 0.341 e. The minimum absolute atomic E-state index is 0.0337. The van der Waals surface area contributed by atoms with E-state index in [4.69, 9.17) is 10.2 Å². The Morgan fingerprint density at radius 1 is 1.13 bits per heavy atom. The van der Waals surface area contributed by atoms with E-state index in [0.29, 0.717) is 17.9 Å². The third kappa shape index (κ3) is 7.28. The molecule has 8 heteroatoms. The summed E-state index contributed by atoms with van der Waals surface area (Å²) in [5.41, 5.74) is 1.06.